The summed E-state index contributed by atoms with van der Waals surface area (Å²) < 4.78 is 12.5. The maximum absolute atomic E-state index is 14.3. The lowest BCUT2D eigenvalue weighted by molar-refractivity contribution is -0.136. The lowest BCUT2D eigenvalue weighted by Gasteiger charge is -2.32. The molecular formula is C40H54N4O6S. The van der Waals surface area contributed by atoms with Crippen LogP contribution in [0.2, 0.25) is 0 Å². The van der Waals surface area contributed by atoms with E-state index in [-0.39, 0.29) is 48.2 Å². The van der Waals surface area contributed by atoms with Crippen molar-refractivity contribution >= 4 is 44.9 Å². The molecule has 0 unspecified atom stereocenters. The average Bonchev–Trinajstić information content (AvgIpc) is 3.55. The molecule has 10 nitrogen and oxygen atoms in total. The maximum Gasteiger partial charge on any atom is 0.224 e. The van der Waals surface area contributed by atoms with Crippen molar-refractivity contribution in [1.82, 2.24) is 15.6 Å². The molecule has 0 bridgehead atoms. The second-order valence-corrected chi connectivity index (χ2v) is 15.4. The van der Waals surface area contributed by atoms with Crippen molar-refractivity contribution in [1.29, 1.82) is 0 Å². The molecule has 2 aliphatic rings. The highest BCUT2D eigenvalue weighted by Crippen LogP contribution is 2.33. The zero-order chi connectivity index (χ0) is 36.3. The van der Waals surface area contributed by atoms with Crippen molar-refractivity contribution in [3.63, 3.8) is 0 Å². The molecular weight excluding hydrogens is 665 g/mol. The number of fused-ring (bicyclic) bond motifs is 2. The molecule has 51 heavy (non-hydrogen) atoms. The van der Waals surface area contributed by atoms with E-state index in [1.165, 1.54) is 5.56 Å². The Morgan fingerprint density at radius 2 is 1.75 bits per heavy atom. The van der Waals surface area contributed by atoms with Crippen molar-refractivity contribution in [3.8, 4) is 5.75 Å². The first-order valence-corrected chi connectivity index (χ1v) is 19.5. The van der Waals surface area contributed by atoms with E-state index in [0.717, 1.165) is 33.0 Å². The number of unbranched alkanes of at least 4 members (excludes halogenated alkanes) is 1. The van der Waals surface area contributed by atoms with E-state index in [2.05, 4.69) is 36.6 Å². The number of hydrogen-bond acceptors (Lipinski definition) is 9. The summed E-state index contributed by atoms with van der Waals surface area (Å²) in [5, 5.41) is 7.11. The third-order valence-electron chi connectivity index (χ3n) is 10.3. The Kier molecular flexibility index (Phi) is 14.1. The monoisotopic (exact) mass is 718 g/mol. The summed E-state index contributed by atoms with van der Waals surface area (Å²) in [6.07, 6.45) is 4.54. The number of nitrogens with zero attached hydrogens (tertiary/aromatic N) is 1. The van der Waals surface area contributed by atoms with E-state index < -0.39 is 17.9 Å². The van der Waals surface area contributed by atoms with Crippen LogP contribution in [0.3, 0.4) is 0 Å². The van der Waals surface area contributed by atoms with Gasteiger partial charge in [-0.25, -0.2) is 4.98 Å². The molecule has 2 aromatic carbocycles. The molecule has 0 aliphatic carbocycles. The molecule has 2 amide bonds. The van der Waals surface area contributed by atoms with Crippen LogP contribution in [0.1, 0.15) is 107 Å². The highest BCUT2D eigenvalue weighted by molar-refractivity contribution is 7.18. The number of amides is 2. The van der Waals surface area contributed by atoms with Crippen molar-refractivity contribution in [2.24, 2.45) is 23.5 Å². The number of rotatable bonds is 18. The van der Waals surface area contributed by atoms with Gasteiger partial charge in [-0.3, -0.25) is 19.2 Å². The number of nitrogens with two attached hydrogens (primary N) is 1. The number of ketones is 2. The predicted octanol–water partition coefficient (Wildman–Crippen LogP) is 6.20. The van der Waals surface area contributed by atoms with Gasteiger partial charge in [0.05, 0.1) is 39.8 Å². The Hall–Kier alpha value is -3.67. The molecule has 276 valence electrons. The third-order valence-corrected chi connectivity index (χ3v) is 11.3. The normalized spacial score (nSPS) is 18.0. The van der Waals surface area contributed by atoms with Crippen LogP contribution < -0.4 is 21.1 Å². The molecule has 11 heteroatoms. The Labute approximate surface area is 305 Å². The third kappa shape index (κ3) is 10.5. The first kappa shape index (κ1) is 38.6. The van der Waals surface area contributed by atoms with Crippen LogP contribution >= 0.6 is 11.3 Å². The molecule has 0 spiro atoms. The van der Waals surface area contributed by atoms with E-state index in [1.807, 2.05) is 30.3 Å². The van der Waals surface area contributed by atoms with Crippen molar-refractivity contribution < 1.29 is 28.7 Å². The van der Waals surface area contributed by atoms with Gasteiger partial charge in [-0.2, -0.15) is 0 Å². The summed E-state index contributed by atoms with van der Waals surface area (Å²) in [7, 11) is 0. The van der Waals surface area contributed by atoms with Crippen LogP contribution in [0.5, 0.6) is 5.75 Å². The van der Waals surface area contributed by atoms with Gasteiger partial charge >= 0.3 is 0 Å². The van der Waals surface area contributed by atoms with Gasteiger partial charge in [-0.05, 0) is 67.8 Å². The smallest absolute Gasteiger partial charge is 0.224 e. The zero-order valence-corrected chi connectivity index (χ0v) is 31.1. The molecule has 1 aromatic heterocycles. The quantitative estimate of drug-likeness (QED) is 0.132. The largest absolute Gasteiger partial charge is 0.493 e. The number of para-hydroxylation sites is 1. The summed E-state index contributed by atoms with van der Waals surface area (Å²) in [5.74, 6) is -0.932. The Morgan fingerprint density at radius 3 is 2.49 bits per heavy atom. The van der Waals surface area contributed by atoms with Gasteiger partial charge in [-0.1, -0.05) is 51.5 Å². The fourth-order valence-electron chi connectivity index (χ4n) is 7.12. The van der Waals surface area contributed by atoms with Crippen molar-refractivity contribution in [2.45, 2.75) is 103 Å². The average molecular weight is 719 g/mol. The molecule has 5 rings (SSSR count). The molecule has 3 aromatic rings. The van der Waals surface area contributed by atoms with Crippen molar-refractivity contribution in [3.05, 3.63) is 58.6 Å². The van der Waals surface area contributed by atoms with Gasteiger partial charge in [0, 0.05) is 56.8 Å². The standard InChI is InChI=1S/C40H54N4O6S/c1-4-30(45)21-29(24-37-42-33-13-12-27(25(2)3)23-36(33)51-37)40(48)44-38(26-14-18-49-19-15-26)34(46)22-28(9-7-8-17-41)39(47)43-32-16-20-50-35-11-6-5-10-31(32)35/h5-6,10-13,23,25-26,28-29,32,38H,4,7-9,14-22,24,41H2,1-3H3,(H,43,47)(H,44,48)/t28-,29+,32-,38+/m1/s1. The number of Topliss-reactive ketones (excluding diaryl/α,β-unsaturated/α-hetero) is 2. The van der Waals surface area contributed by atoms with Gasteiger partial charge in [-0.15, -0.1) is 11.3 Å². The number of benzene rings is 2. The Bertz CT molecular complexity index is 1650. The van der Waals surface area contributed by atoms with Crippen molar-refractivity contribution in [2.75, 3.05) is 26.4 Å². The summed E-state index contributed by atoms with van der Waals surface area (Å²) in [6.45, 7) is 8.08. The molecule has 0 radical (unpaired) electrons. The Balaban J connectivity index is 1.34. The van der Waals surface area contributed by atoms with Gasteiger partial charge in [0.2, 0.25) is 11.8 Å². The highest BCUT2D eigenvalue weighted by Gasteiger charge is 2.36. The summed E-state index contributed by atoms with van der Waals surface area (Å²) in [6, 6.07) is 12.9. The number of nitrogens with one attached hydrogen (secondary N) is 2. The lowest BCUT2D eigenvalue weighted by Crippen LogP contribution is -2.50. The predicted molar refractivity (Wildman–Crippen MR) is 200 cm³/mol. The minimum atomic E-state index is -0.793. The number of thiazole rings is 1. The van der Waals surface area contributed by atoms with Crippen LogP contribution in [0.4, 0.5) is 0 Å². The molecule has 0 saturated carbocycles. The van der Waals surface area contributed by atoms with E-state index in [1.54, 1.807) is 18.3 Å². The maximum atomic E-state index is 14.3. The van der Waals surface area contributed by atoms with Crippen LogP contribution in [-0.2, 0) is 30.3 Å². The lowest BCUT2D eigenvalue weighted by atomic mass is 9.83. The van der Waals surface area contributed by atoms with E-state index in [4.69, 9.17) is 20.2 Å². The van der Waals surface area contributed by atoms with Gasteiger partial charge < -0.3 is 25.8 Å². The molecule has 1 fully saturated rings. The van der Waals surface area contributed by atoms with Crippen LogP contribution in [0.25, 0.3) is 10.2 Å². The number of hydrogen-bond donors (Lipinski definition) is 3. The SMILES string of the molecule is CCC(=O)C[C@@H](Cc1nc2ccc(C(C)C)cc2s1)C(=O)N[C@H](C(=O)C[C@@H](CCCCN)C(=O)N[C@@H]1CCOc2ccccc21)C1CCOCC1. The number of ether oxygens (including phenoxy) is 2. The minimum Gasteiger partial charge on any atom is -0.493 e. The summed E-state index contributed by atoms with van der Waals surface area (Å²) in [4.78, 5) is 59.9. The van der Waals surface area contributed by atoms with E-state index >= 15 is 0 Å². The summed E-state index contributed by atoms with van der Waals surface area (Å²) >= 11 is 1.55. The first-order valence-electron chi connectivity index (χ1n) is 18.7. The second-order valence-electron chi connectivity index (χ2n) is 14.3. The number of carbonyl (C=O) groups excluding carboxylic acids is 4. The van der Waals surface area contributed by atoms with Gasteiger partial charge in [0.15, 0.2) is 5.78 Å². The second kappa shape index (κ2) is 18.7. The van der Waals surface area contributed by atoms with Gasteiger partial charge in [0.25, 0.3) is 0 Å². The van der Waals surface area contributed by atoms with Crippen LogP contribution in [0, 0.1) is 17.8 Å². The molecule has 3 heterocycles. The topological polar surface area (TPSA) is 150 Å². The number of aromatic nitrogens is 1. The van der Waals surface area contributed by atoms with Gasteiger partial charge in [0.1, 0.15) is 11.5 Å². The highest BCUT2D eigenvalue weighted by atomic mass is 32.1. The minimum absolute atomic E-state index is 0.00180. The molecule has 1 saturated heterocycles. The molecule has 2 aliphatic heterocycles. The van der Waals surface area contributed by atoms with E-state index in [9.17, 15) is 19.2 Å². The Morgan fingerprint density at radius 1 is 0.961 bits per heavy atom. The van der Waals surface area contributed by atoms with E-state index in [0.29, 0.717) is 77.2 Å². The fraction of sp³-hybridized carbons (Fsp3) is 0.575. The summed E-state index contributed by atoms with van der Waals surface area (Å²) in [5.41, 5.74) is 8.82. The van der Waals surface area contributed by atoms with Crippen LogP contribution in [0.15, 0.2) is 42.5 Å². The zero-order valence-electron chi connectivity index (χ0n) is 30.3. The molecule has 4 N–H and O–H groups in total. The fourth-order valence-corrected chi connectivity index (χ4v) is 8.21. The van der Waals surface area contributed by atoms with Crippen LogP contribution in [-0.4, -0.2) is 60.8 Å². The number of carbonyl (C=O) groups is 4. The first-order chi connectivity index (χ1) is 24.7. The molecule has 4 atom stereocenters.